The quantitative estimate of drug-likeness (QED) is 0.758. The Morgan fingerprint density at radius 1 is 1.37 bits per heavy atom. The Morgan fingerprint density at radius 3 is 2.68 bits per heavy atom. The first-order chi connectivity index (χ1) is 9.12. The molecular formula is C14H21NO4. The van der Waals surface area contributed by atoms with Crippen LogP contribution in [0.15, 0.2) is 18.2 Å². The molecule has 1 aromatic rings. The molecule has 2 N–H and O–H groups in total. The second kappa shape index (κ2) is 7.63. The lowest BCUT2D eigenvalue weighted by Gasteiger charge is -2.16. The van der Waals surface area contributed by atoms with Gasteiger partial charge >= 0.3 is 5.97 Å². The van der Waals surface area contributed by atoms with Crippen molar-refractivity contribution in [3.8, 4) is 11.5 Å². The van der Waals surface area contributed by atoms with Gasteiger partial charge < -0.3 is 19.9 Å². The predicted octanol–water partition coefficient (Wildman–Crippen LogP) is 1.53. The SMILES string of the molecule is CCOC(=O)C(C)Oc1cc(CCN)ccc1OC. The van der Waals surface area contributed by atoms with Crippen molar-refractivity contribution in [2.45, 2.75) is 26.4 Å². The molecule has 0 aromatic heterocycles. The van der Waals surface area contributed by atoms with Gasteiger partial charge in [0, 0.05) is 0 Å². The first-order valence-corrected chi connectivity index (χ1v) is 6.32. The fourth-order valence-electron chi connectivity index (χ4n) is 1.63. The highest BCUT2D eigenvalue weighted by Gasteiger charge is 2.18. The second-order valence-corrected chi connectivity index (χ2v) is 4.04. The fourth-order valence-corrected chi connectivity index (χ4v) is 1.63. The van der Waals surface area contributed by atoms with Crippen molar-refractivity contribution in [2.24, 2.45) is 5.73 Å². The molecule has 1 aromatic carbocycles. The summed E-state index contributed by atoms with van der Waals surface area (Å²) in [6, 6.07) is 5.56. The molecule has 0 amide bonds. The molecule has 0 radical (unpaired) electrons. The normalized spacial score (nSPS) is 11.8. The van der Waals surface area contributed by atoms with Gasteiger partial charge in [0.25, 0.3) is 0 Å². The minimum Gasteiger partial charge on any atom is -0.493 e. The summed E-state index contributed by atoms with van der Waals surface area (Å²) in [4.78, 5) is 11.5. The monoisotopic (exact) mass is 267 g/mol. The zero-order valence-corrected chi connectivity index (χ0v) is 11.6. The zero-order chi connectivity index (χ0) is 14.3. The zero-order valence-electron chi connectivity index (χ0n) is 11.6. The van der Waals surface area contributed by atoms with E-state index in [9.17, 15) is 4.79 Å². The molecule has 19 heavy (non-hydrogen) atoms. The Bertz CT molecular complexity index is 420. The summed E-state index contributed by atoms with van der Waals surface area (Å²) in [6.45, 7) is 4.29. The lowest BCUT2D eigenvalue weighted by molar-refractivity contribution is -0.150. The smallest absolute Gasteiger partial charge is 0.347 e. The molecule has 5 nitrogen and oxygen atoms in total. The van der Waals surface area contributed by atoms with Crippen molar-refractivity contribution in [1.29, 1.82) is 0 Å². The van der Waals surface area contributed by atoms with Crippen LogP contribution in [0.3, 0.4) is 0 Å². The van der Waals surface area contributed by atoms with Crippen molar-refractivity contribution in [3.05, 3.63) is 23.8 Å². The molecule has 0 aliphatic rings. The Labute approximate surface area is 113 Å². The predicted molar refractivity (Wildman–Crippen MR) is 72.5 cm³/mol. The highest BCUT2D eigenvalue weighted by atomic mass is 16.6. The van der Waals surface area contributed by atoms with Gasteiger partial charge in [-0.2, -0.15) is 0 Å². The number of methoxy groups -OCH3 is 1. The van der Waals surface area contributed by atoms with E-state index in [1.807, 2.05) is 12.1 Å². The van der Waals surface area contributed by atoms with Gasteiger partial charge in [0.05, 0.1) is 13.7 Å². The van der Waals surface area contributed by atoms with Crippen molar-refractivity contribution in [3.63, 3.8) is 0 Å². The molecule has 1 rings (SSSR count). The van der Waals surface area contributed by atoms with Crippen molar-refractivity contribution in [1.82, 2.24) is 0 Å². The summed E-state index contributed by atoms with van der Waals surface area (Å²) in [7, 11) is 1.56. The minimum atomic E-state index is -0.679. The maximum Gasteiger partial charge on any atom is 0.347 e. The van der Waals surface area contributed by atoms with E-state index in [-0.39, 0.29) is 0 Å². The van der Waals surface area contributed by atoms with Gasteiger partial charge in [0.2, 0.25) is 0 Å². The van der Waals surface area contributed by atoms with Crippen LogP contribution in [-0.4, -0.2) is 32.3 Å². The average Bonchev–Trinajstić information content (AvgIpc) is 2.39. The van der Waals surface area contributed by atoms with E-state index in [0.717, 1.165) is 12.0 Å². The highest BCUT2D eigenvalue weighted by Crippen LogP contribution is 2.29. The lowest BCUT2D eigenvalue weighted by atomic mass is 10.1. The van der Waals surface area contributed by atoms with E-state index in [1.54, 1.807) is 27.0 Å². The topological polar surface area (TPSA) is 70.8 Å². The number of rotatable bonds is 7. The maximum atomic E-state index is 11.5. The van der Waals surface area contributed by atoms with Crippen LogP contribution in [0.1, 0.15) is 19.4 Å². The van der Waals surface area contributed by atoms with E-state index < -0.39 is 12.1 Å². The van der Waals surface area contributed by atoms with Gasteiger partial charge in [-0.25, -0.2) is 4.79 Å². The number of carbonyl (C=O) groups excluding carboxylic acids is 1. The molecule has 0 heterocycles. The number of benzene rings is 1. The Hall–Kier alpha value is -1.75. The third-order valence-corrected chi connectivity index (χ3v) is 2.58. The Morgan fingerprint density at radius 2 is 2.11 bits per heavy atom. The largest absolute Gasteiger partial charge is 0.493 e. The van der Waals surface area contributed by atoms with E-state index >= 15 is 0 Å². The van der Waals surface area contributed by atoms with E-state index in [4.69, 9.17) is 19.9 Å². The first kappa shape index (κ1) is 15.3. The van der Waals surface area contributed by atoms with Crippen molar-refractivity contribution >= 4 is 5.97 Å². The van der Waals surface area contributed by atoms with E-state index in [1.165, 1.54) is 0 Å². The summed E-state index contributed by atoms with van der Waals surface area (Å²) in [6.07, 6.45) is 0.0655. The fraction of sp³-hybridized carbons (Fsp3) is 0.500. The van der Waals surface area contributed by atoms with Crippen LogP contribution >= 0.6 is 0 Å². The van der Waals surface area contributed by atoms with Gasteiger partial charge in [-0.15, -0.1) is 0 Å². The number of carbonyl (C=O) groups is 1. The summed E-state index contributed by atoms with van der Waals surface area (Å²) in [5.41, 5.74) is 6.56. The van der Waals surface area contributed by atoms with Crippen LogP contribution in [0.2, 0.25) is 0 Å². The summed E-state index contributed by atoms with van der Waals surface area (Å²) < 4.78 is 15.7. The average molecular weight is 267 g/mol. The summed E-state index contributed by atoms with van der Waals surface area (Å²) >= 11 is 0. The Balaban J connectivity index is 2.84. The van der Waals surface area contributed by atoms with Gasteiger partial charge in [-0.3, -0.25) is 0 Å². The maximum absolute atomic E-state index is 11.5. The number of ether oxygens (including phenoxy) is 3. The molecule has 1 atom stereocenters. The van der Waals surface area contributed by atoms with Crippen LogP contribution in [0.25, 0.3) is 0 Å². The van der Waals surface area contributed by atoms with Gasteiger partial charge in [0.1, 0.15) is 0 Å². The van der Waals surface area contributed by atoms with Crippen LogP contribution in [0, 0.1) is 0 Å². The van der Waals surface area contributed by atoms with Gasteiger partial charge in [-0.1, -0.05) is 6.07 Å². The summed E-state index contributed by atoms with van der Waals surface area (Å²) in [5.74, 6) is 0.708. The molecular weight excluding hydrogens is 246 g/mol. The number of hydrogen-bond acceptors (Lipinski definition) is 5. The molecule has 0 fully saturated rings. The standard InChI is InChI=1S/C14H21NO4/c1-4-18-14(16)10(2)19-13-9-11(7-8-15)5-6-12(13)17-3/h5-6,9-10H,4,7-8,15H2,1-3H3. The van der Waals surface area contributed by atoms with Crippen molar-refractivity contribution < 1.29 is 19.0 Å². The molecule has 0 spiro atoms. The van der Waals surface area contributed by atoms with Crippen LogP contribution in [0.4, 0.5) is 0 Å². The minimum absolute atomic E-state index is 0.330. The number of esters is 1. The molecule has 5 heteroatoms. The first-order valence-electron chi connectivity index (χ1n) is 6.32. The van der Waals surface area contributed by atoms with E-state index in [2.05, 4.69) is 0 Å². The van der Waals surface area contributed by atoms with Crippen molar-refractivity contribution in [2.75, 3.05) is 20.3 Å². The number of nitrogens with two attached hydrogens (primary N) is 1. The van der Waals surface area contributed by atoms with Crippen LogP contribution < -0.4 is 15.2 Å². The van der Waals surface area contributed by atoms with Gasteiger partial charge in [-0.05, 0) is 44.5 Å². The summed E-state index contributed by atoms with van der Waals surface area (Å²) in [5, 5.41) is 0. The van der Waals surface area contributed by atoms with Crippen LogP contribution in [-0.2, 0) is 16.0 Å². The third-order valence-electron chi connectivity index (χ3n) is 2.58. The Kier molecular flexibility index (Phi) is 6.15. The number of hydrogen-bond donors (Lipinski definition) is 1. The molecule has 106 valence electrons. The lowest BCUT2D eigenvalue weighted by Crippen LogP contribution is -2.26. The molecule has 0 bridgehead atoms. The van der Waals surface area contributed by atoms with Crippen LogP contribution in [0.5, 0.6) is 11.5 Å². The molecule has 1 unspecified atom stereocenters. The molecule has 0 saturated carbocycles. The molecule has 0 aliphatic carbocycles. The third kappa shape index (κ3) is 4.44. The molecule has 0 saturated heterocycles. The van der Waals surface area contributed by atoms with E-state index in [0.29, 0.717) is 24.7 Å². The highest BCUT2D eigenvalue weighted by molar-refractivity contribution is 5.74. The second-order valence-electron chi connectivity index (χ2n) is 4.04. The molecule has 0 aliphatic heterocycles. The van der Waals surface area contributed by atoms with Gasteiger partial charge in [0.15, 0.2) is 17.6 Å².